The van der Waals surface area contributed by atoms with Crippen LogP contribution in [0.1, 0.15) is 18.9 Å². The summed E-state index contributed by atoms with van der Waals surface area (Å²) in [5, 5.41) is 0. The maximum Gasteiger partial charge on any atom is 0.133 e. The number of benzene rings is 1. The molecule has 0 fully saturated rings. The first kappa shape index (κ1) is 9.07. The third-order valence-corrected chi connectivity index (χ3v) is 2.30. The van der Waals surface area contributed by atoms with Gasteiger partial charge in [-0.05, 0) is 24.1 Å². The van der Waals surface area contributed by atoms with E-state index in [0.717, 1.165) is 17.7 Å². The van der Waals surface area contributed by atoms with Gasteiger partial charge in [0.05, 0.1) is 6.26 Å². The standard InChI is InChI=1S/C13H14O/c1-2-4-11-6-8-12(9-7-11)13-5-3-10-14-13/h3,5-10H,2,4H2,1H3. The van der Waals surface area contributed by atoms with Crippen LogP contribution in [0.2, 0.25) is 0 Å². The van der Waals surface area contributed by atoms with Crippen LogP contribution >= 0.6 is 0 Å². The topological polar surface area (TPSA) is 13.1 Å². The summed E-state index contributed by atoms with van der Waals surface area (Å²) in [6.07, 6.45) is 4.05. The van der Waals surface area contributed by atoms with E-state index in [-0.39, 0.29) is 0 Å². The molecule has 0 aliphatic heterocycles. The molecule has 1 heterocycles. The van der Waals surface area contributed by atoms with Crippen molar-refractivity contribution in [3.63, 3.8) is 0 Å². The molecule has 0 saturated heterocycles. The molecular weight excluding hydrogens is 172 g/mol. The highest BCUT2D eigenvalue weighted by molar-refractivity contribution is 5.57. The van der Waals surface area contributed by atoms with Gasteiger partial charge in [-0.25, -0.2) is 0 Å². The third-order valence-electron chi connectivity index (χ3n) is 2.30. The number of furan rings is 1. The van der Waals surface area contributed by atoms with Crippen LogP contribution in [0.4, 0.5) is 0 Å². The third kappa shape index (κ3) is 1.87. The lowest BCUT2D eigenvalue weighted by atomic mass is 10.1. The van der Waals surface area contributed by atoms with Crippen LogP contribution in [-0.2, 0) is 6.42 Å². The zero-order chi connectivity index (χ0) is 9.80. The molecule has 1 aromatic carbocycles. The zero-order valence-corrected chi connectivity index (χ0v) is 8.36. The average Bonchev–Trinajstić information content (AvgIpc) is 2.72. The Bertz CT molecular complexity index is 370. The fraction of sp³-hybridized carbons (Fsp3) is 0.231. The van der Waals surface area contributed by atoms with Crippen molar-refractivity contribution in [3.8, 4) is 11.3 Å². The van der Waals surface area contributed by atoms with Gasteiger partial charge in [-0.2, -0.15) is 0 Å². The fourth-order valence-corrected chi connectivity index (χ4v) is 1.57. The van der Waals surface area contributed by atoms with Gasteiger partial charge in [-0.1, -0.05) is 37.6 Å². The summed E-state index contributed by atoms with van der Waals surface area (Å²) in [6, 6.07) is 12.5. The number of hydrogen-bond donors (Lipinski definition) is 0. The second-order valence-corrected chi connectivity index (χ2v) is 3.42. The zero-order valence-electron chi connectivity index (χ0n) is 8.36. The SMILES string of the molecule is CCCc1ccc(-c2ccco2)cc1. The summed E-state index contributed by atoms with van der Waals surface area (Å²) in [4.78, 5) is 0. The van der Waals surface area contributed by atoms with Gasteiger partial charge in [0.15, 0.2) is 0 Å². The van der Waals surface area contributed by atoms with Crippen LogP contribution in [-0.4, -0.2) is 0 Å². The van der Waals surface area contributed by atoms with Gasteiger partial charge < -0.3 is 4.42 Å². The van der Waals surface area contributed by atoms with Crippen molar-refractivity contribution in [1.29, 1.82) is 0 Å². The summed E-state index contributed by atoms with van der Waals surface area (Å²) in [6.45, 7) is 2.19. The highest BCUT2D eigenvalue weighted by Crippen LogP contribution is 2.20. The Morgan fingerprint density at radius 3 is 2.43 bits per heavy atom. The minimum absolute atomic E-state index is 0.938. The monoisotopic (exact) mass is 186 g/mol. The van der Waals surface area contributed by atoms with Crippen molar-refractivity contribution < 1.29 is 4.42 Å². The van der Waals surface area contributed by atoms with Crippen molar-refractivity contribution in [2.45, 2.75) is 19.8 Å². The lowest BCUT2D eigenvalue weighted by molar-refractivity contribution is 0.582. The van der Waals surface area contributed by atoms with Gasteiger partial charge in [-0.15, -0.1) is 0 Å². The fourth-order valence-electron chi connectivity index (χ4n) is 1.57. The Kier molecular flexibility index (Phi) is 2.68. The van der Waals surface area contributed by atoms with Crippen molar-refractivity contribution in [1.82, 2.24) is 0 Å². The van der Waals surface area contributed by atoms with E-state index in [9.17, 15) is 0 Å². The van der Waals surface area contributed by atoms with E-state index in [2.05, 4.69) is 31.2 Å². The van der Waals surface area contributed by atoms with Gasteiger partial charge in [0.25, 0.3) is 0 Å². The Morgan fingerprint density at radius 1 is 1.07 bits per heavy atom. The maximum atomic E-state index is 5.32. The van der Waals surface area contributed by atoms with E-state index in [0.29, 0.717) is 0 Å². The lowest BCUT2D eigenvalue weighted by Gasteiger charge is -2.00. The number of rotatable bonds is 3. The normalized spacial score (nSPS) is 10.4. The summed E-state index contributed by atoms with van der Waals surface area (Å²) in [7, 11) is 0. The molecule has 0 amide bonds. The molecule has 2 aromatic rings. The predicted octanol–water partition coefficient (Wildman–Crippen LogP) is 3.90. The molecule has 0 radical (unpaired) electrons. The van der Waals surface area contributed by atoms with Gasteiger partial charge in [0.1, 0.15) is 5.76 Å². The first-order valence-corrected chi connectivity index (χ1v) is 5.03. The molecule has 0 atom stereocenters. The van der Waals surface area contributed by atoms with Gasteiger partial charge >= 0.3 is 0 Å². The highest BCUT2D eigenvalue weighted by atomic mass is 16.3. The Morgan fingerprint density at radius 2 is 1.86 bits per heavy atom. The number of aryl methyl sites for hydroxylation is 1. The first-order chi connectivity index (χ1) is 6.90. The van der Waals surface area contributed by atoms with Gasteiger partial charge in [-0.3, -0.25) is 0 Å². The first-order valence-electron chi connectivity index (χ1n) is 5.03. The van der Waals surface area contributed by atoms with Crippen molar-refractivity contribution in [2.75, 3.05) is 0 Å². The quantitative estimate of drug-likeness (QED) is 0.708. The van der Waals surface area contributed by atoms with Crippen molar-refractivity contribution in [3.05, 3.63) is 48.2 Å². The molecule has 0 aliphatic carbocycles. The molecule has 1 nitrogen and oxygen atoms in total. The minimum atomic E-state index is 0.938. The largest absolute Gasteiger partial charge is 0.464 e. The Balaban J connectivity index is 2.22. The van der Waals surface area contributed by atoms with Crippen molar-refractivity contribution in [2.24, 2.45) is 0 Å². The maximum absolute atomic E-state index is 5.32. The minimum Gasteiger partial charge on any atom is -0.464 e. The summed E-state index contributed by atoms with van der Waals surface area (Å²) >= 11 is 0. The highest BCUT2D eigenvalue weighted by Gasteiger charge is 1.99. The van der Waals surface area contributed by atoms with Gasteiger partial charge in [0, 0.05) is 5.56 Å². The molecule has 0 bridgehead atoms. The van der Waals surface area contributed by atoms with E-state index >= 15 is 0 Å². The Hall–Kier alpha value is -1.50. The molecule has 2 rings (SSSR count). The second kappa shape index (κ2) is 4.14. The van der Waals surface area contributed by atoms with Crippen LogP contribution < -0.4 is 0 Å². The summed E-state index contributed by atoms with van der Waals surface area (Å²) < 4.78 is 5.32. The molecule has 72 valence electrons. The molecule has 1 heteroatoms. The van der Waals surface area contributed by atoms with E-state index in [1.54, 1.807) is 6.26 Å². The summed E-state index contributed by atoms with van der Waals surface area (Å²) in [5.41, 5.74) is 2.54. The van der Waals surface area contributed by atoms with Crippen LogP contribution in [0, 0.1) is 0 Å². The predicted molar refractivity (Wildman–Crippen MR) is 58.1 cm³/mol. The smallest absolute Gasteiger partial charge is 0.133 e. The lowest BCUT2D eigenvalue weighted by Crippen LogP contribution is -1.82. The molecule has 14 heavy (non-hydrogen) atoms. The van der Waals surface area contributed by atoms with Gasteiger partial charge in [0.2, 0.25) is 0 Å². The van der Waals surface area contributed by atoms with Crippen molar-refractivity contribution >= 4 is 0 Å². The molecule has 1 aromatic heterocycles. The molecule has 0 N–H and O–H groups in total. The molecule has 0 spiro atoms. The van der Waals surface area contributed by atoms with Crippen LogP contribution in [0.25, 0.3) is 11.3 Å². The Labute approximate surface area is 84.4 Å². The van der Waals surface area contributed by atoms with E-state index in [4.69, 9.17) is 4.42 Å². The van der Waals surface area contributed by atoms with E-state index in [1.807, 2.05) is 12.1 Å². The average molecular weight is 186 g/mol. The van der Waals surface area contributed by atoms with Crippen LogP contribution in [0.3, 0.4) is 0 Å². The second-order valence-electron chi connectivity index (χ2n) is 3.42. The molecular formula is C13H14O. The summed E-state index contributed by atoms with van der Waals surface area (Å²) in [5.74, 6) is 0.938. The molecule has 0 unspecified atom stereocenters. The van der Waals surface area contributed by atoms with Crippen LogP contribution in [0.15, 0.2) is 47.1 Å². The molecule has 0 aliphatic rings. The molecule has 0 saturated carbocycles. The number of hydrogen-bond acceptors (Lipinski definition) is 1. The van der Waals surface area contributed by atoms with E-state index < -0.39 is 0 Å². The van der Waals surface area contributed by atoms with E-state index in [1.165, 1.54) is 12.0 Å². The van der Waals surface area contributed by atoms with Crippen LogP contribution in [0.5, 0.6) is 0 Å².